The van der Waals surface area contributed by atoms with E-state index in [1.807, 2.05) is 0 Å². The molecule has 0 saturated heterocycles. The lowest BCUT2D eigenvalue weighted by Gasteiger charge is -2.28. The summed E-state index contributed by atoms with van der Waals surface area (Å²) >= 11 is 0. The first-order valence-corrected chi connectivity index (χ1v) is 9.61. The van der Waals surface area contributed by atoms with E-state index in [0.29, 0.717) is 5.56 Å². The minimum atomic E-state index is -1.52. The Labute approximate surface area is 184 Å². The Morgan fingerprint density at radius 3 is 1.81 bits per heavy atom. The maximum atomic E-state index is 13.2. The maximum absolute atomic E-state index is 13.2. The van der Waals surface area contributed by atoms with E-state index in [-0.39, 0.29) is 6.42 Å². The van der Waals surface area contributed by atoms with Gasteiger partial charge in [-0.1, -0.05) is 19.1 Å². The van der Waals surface area contributed by atoms with Crippen LogP contribution < -0.4 is 10.6 Å². The van der Waals surface area contributed by atoms with E-state index in [2.05, 4.69) is 20.1 Å². The highest BCUT2D eigenvalue weighted by atomic mass is 19.1. The van der Waals surface area contributed by atoms with Crippen molar-refractivity contribution in [3.63, 3.8) is 0 Å². The molecular weight excluding hydrogens is 427 g/mol. The monoisotopic (exact) mass is 454 g/mol. The first-order valence-electron chi connectivity index (χ1n) is 9.61. The molecule has 1 aromatic rings. The van der Waals surface area contributed by atoms with Gasteiger partial charge in [-0.25, -0.2) is 9.18 Å². The Balaban J connectivity index is 3.19. The number of methoxy groups -OCH3 is 3. The highest BCUT2D eigenvalue weighted by molar-refractivity contribution is 5.97. The summed E-state index contributed by atoms with van der Waals surface area (Å²) in [5.74, 6) is -7.25. The van der Waals surface area contributed by atoms with Gasteiger partial charge < -0.3 is 24.8 Å². The van der Waals surface area contributed by atoms with Crippen LogP contribution >= 0.6 is 0 Å². The van der Waals surface area contributed by atoms with Crippen LogP contribution in [0.2, 0.25) is 0 Å². The fourth-order valence-corrected chi connectivity index (χ4v) is 3.07. The zero-order valence-corrected chi connectivity index (χ0v) is 18.5. The lowest BCUT2D eigenvalue weighted by atomic mass is 9.87. The molecule has 1 aromatic carbocycles. The first kappa shape index (κ1) is 26.5. The SMILES string of the molecule is COC(=O)C(C(=O)OC)[C@H](C)[C@@H](NC(=O)[C@H](Cc1ccc(F)cc1)NC(C)=O)C(=O)OC. The lowest BCUT2D eigenvalue weighted by Crippen LogP contribution is -2.56. The molecule has 2 amide bonds. The van der Waals surface area contributed by atoms with Gasteiger partial charge in [-0.3, -0.25) is 19.2 Å². The summed E-state index contributed by atoms with van der Waals surface area (Å²) in [5.41, 5.74) is 0.546. The average molecular weight is 454 g/mol. The second-order valence-electron chi connectivity index (χ2n) is 6.98. The molecule has 0 saturated carbocycles. The van der Waals surface area contributed by atoms with Crippen molar-refractivity contribution in [2.75, 3.05) is 21.3 Å². The van der Waals surface area contributed by atoms with Crippen molar-refractivity contribution < 1.29 is 42.6 Å². The summed E-state index contributed by atoms with van der Waals surface area (Å²) in [4.78, 5) is 61.2. The van der Waals surface area contributed by atoms with Gasteiger partial charge in [0.15, 0.2) is 5.92 Å². The number of halogens is 1. The van der Waals surface area contributed by atoms with Gasteiger partial charge in [0.25, 0.3) is 0 Å². The zero-order valence-electron chi connectivity index (χ0n) is 18.5. The molecule has 0 aliphatic carbocycles. The smallest absolute Gasteiger partial charge is 0.328 e. The molecule has 1 rings (SSSR count). The van der Waals surface area contributed by atoms with E-state index < -0.39 is 59.5 Å². The number of esters is 3. The van der Waals surface area contributed by atoms with Gasteiger partial charge in [0.1, 0.15) is 17.9 Å². The van der Waals surface area contributed by atoms with Crippen molar-refractivity contribution in [1.82, 2.24) is 10.6 Å². The third-order valence-corrected chi connectivity index (χ3v) is 4.76. The van der Waals surface area contributed by atoms with Gasteiger partial charge in [-0.2, -0.15) is 0 Å². The molecule has 0 aliphatic heterocycles. The summed E-state index contributed by atoms with van der Waals surface area (Å²) in [5, 5.41) is 4.89. The molecule has 0 bridgehead atoms. The highest BCUT2D eigenvalue weighted by Crippen LogP contribution is 2.21. The average Bonchev–Trinajstić information content (AvgIpc) is 2.76. The van der Waals surface area contributed by atoms with E-state index in [1.165, 1.54) is 38.1 Å². The first-order chi connectivity index (χ1) is 15.0. The predicted octanol–water partition coefficient (Wildman–Crippen LogP) is 0.129. The second kappa shape index (κ2) is 12.4. The van der Waals surface area contributed by atoms with Crippen molar-refractivity contribution in [2.45, 2.75) is 32.4 Å². The molecule has 0 aromatic heterocycles. The molecule has 11 heteroatoms. The van der Waals surface area contributed by atoms with Crippen molar-refractivity contribution in [3.05, 3.63) is 35.6 Å². The molecule has 0 fully saturated rings. The van der Waals surface area contributed by atoms with Crippen LogP contribution in [-0.2, 0) is 44.6 Å². The number of ether oxygens (including phenoxy) is 3. The minimum absolute atomic E-state index is 0.00853. The molecular formula is C21H27FN2O8. The molecule has 0 heterocycles. The second-order valence-corrected chi connectivity index (χ2v) is 6.98. The fourth-order valence-electron chi connectivity index (χ4n) is 3.07. The molecule has 0 aliphatic rings. The highest BCUT2D eigenvalue weighted by Gasteiger charge is 2.43. The van der Waals surface area contributed by atoms with Gasteiger partial charge in [0, 0.05) is 19.3 Å². The van der Waals surface area contributed by atoms with Crippen LogP contribution in [-0.4, -0.2) is 63.1 Å². The Morgan fingerprint density at radius 2 is 1.38 bits per heavy atom. The van der Waals surface area contributed by atoms with Crippen molar-refractivity contribution in [3.8, 4) is 0 Å². The number of nitrogens with one attached hydrogen (secondary N) is 2. The summed E-state index contributed by atoms with van der Waals surface area (Å²) in [6.07, 6.45) is -0.00853. The number of benzene rings is 1. The molecule has 10 nitrogen and oxygen atoms in total. The van der Waals surface area contributed by atoms with Gasteiger partial charge in [0.2, 0.25) is 11.8 Å². The summed E-state index contributed by atoms with van der Waals surface area (Å²) < 4.78 is 27.1. The van der Waals surface area contributed by atoms with Crippen LogP contribution in [0.15, 0.2) is 24.3 Å². The fraction of sp³-hybridized carbons (Fsp3) is 0.476. The van der Waals surface area contributed by atoms with Gasteiger partial charge in [-0.15, -0.1) is 0 Å². The number of amides is 2. The number of carbonyl (C=O) groups excluding carboxylic acids is 5. The van der Waals surface area contributed by atoms with Gasteiger partial charge in [-0.05, 0) is 17.7 Å². The van der Waals surface area contributed by atoms with Crippen LogP contribution in [0.5, 0.6) is 0 Å². The van der Waals surface area contributed by atoms with Crippen LogP contribution in [0.3, 0.4) is 0 Å². The molecule has 0 radical (unpaired) electrons. The molecule has 0 unspecified atom stereocenters. The third kappa shape index (κ3) is 7.33. The standard InChI is InChI=1S/C21H27FN2O8/c1-11(16(19(27)30-3)20(28)31-4)17(21(29)32-5)24-18(26)15(23-12(2)25)10-13-6-8-14(22)9-7-13/h6-9,11,15-17H,10H2,1-5H3,(H,23,25)(H,24,26)/t11-,15-,17+/m0/s1. The summed E-state index contributed by atoms with van der Waals surface area (Å²) in [6.45, 7) is 2.57. The van der Waals surface area contributed by atoms with Gasteiger partial charge in [0.05, 0.1) is 21.3 Å². The third-order valence-electron chi connectivity index (χ3n) is 4.76. The molecule has 32 heavy (non-hydrogen) atoms. The maximum Gasteiger partial charge on any atom is 0.328 e. The Hall–Kier alpha value is -3.50. The lowest BCUT2D eigenvalue weighted by molar-refractivity contribution is -0.163. The van der Waals surface area contributed by atoms with Gasteiger partial charge >= 0.3 is 17.9 Å². The molecule has 176 valence electrons. The Bertz CT molecular complexity index is 827. The van der Waals surface area contributed by atoms with Crippen molar-refractivity contribution >= 4 is 29.7 Å². The molecule has 2 N–H and O–H groups in total. The normalized spacial score (nSPS) is 13.3. The van der Waals surface area contributed by atoms with Crippen molar-refractivity contribution in [1.29, 1.82) is 0 Å². The largest absolute Gasteiger partial charge is 0.468 e. The minimum Gasteiger partial charge on any atom is -0.468 e. The van der Waals surface area contributed by atoms with Crippen LogP contribution in [0.25, 0.3) is 0 Å². The zero-order chi connectivity index (χ0) is 24.4. The van der Waals surface area contributed by atoms with Crippen LogP contribution in [0.1, 0.15) is 19.4 Å². The number of hydrogen-bond donors (Lipinski definition) is 2. The summed E-state index contributed by atoms with van der Waals surface area (Å²) in [6, 6.07) is 2.72. The van der Waals surface area contributed by atoms with E-state index in [4.69, 9.17) is 4.74 Å². The number of rotatable bonds is 10. The number of carbonyl (C=O) groups is 5. The Kier molecular flexibility index (Phi) is 10.3. The molecule has 3 atom stereocenters. The van der Waals surface area contributed by atoms with E-state index in [9.17, 15) is 28.4 Å². The number of hydrogen-bond acceptors (Lipinski definition) is 8. The van der Waals surface area contributed by atoms with Crippen molar-refractivity contribution in [2.24, 2.45) is 11.8 Å². The quantitative estimate of drug-likeness (QED) is 0.289. The van der Waals surface area contributed by atoms with E-state index in [1.54, 1.807) is 0 Å². The van der Waals surface area contributed by atoms with E-state index in [0.717, 1.165) is 21.3 Å². The van der Waals surface area contributed by atoms with Crippen LogP contribution in [0, 0.1) is 17.7 Å². The topological polar surface area (TPSA) is 137 Å². The van der Waals surface area contributed by atoms with E-state index >= 15 is 0 Å². The predicted molar refractivity (Wildman–Crippen MR) is 108 cm³/mol. The Morgan fingerprint density at radius 1 is 0.875 bits per heavy atom. The molecule has 0 spiro atoms. The van der Waals surface area contributed by atoms with Crippen LogP contribution in [0.4, 0.5) is 4.39 Å². The summed E-state index contributed by atoms with van der Waals surface area (Å²) in [7, 11) is 3.20.